The molecule has 0 atom stereocenters. The van der Waals surface area contributed by atoms with Crippen LogP contribution < -0.4 is 5.84 Å². The molecule has 0 bridgehead atoms. The summed E-state index contributed by atoms with van der Waals surface area (Å²) in [6, 6.07) is 17.9. The summed E-state index contributed by atoms with van der Waals surface area (Å²) in [7, 11) is 0. The first-order valence-corrected chi connectivity index (χ1v) is 8.21. The van der Waals surface area contributed by atoms with Crippen LogP contribution in [0.4, 0.5) is 0 Å². The van der Waals surface area contributed by atoms with Gasteiger partial charge in [-0.1, -0.05) is 54.1 Å². The van der Waals surface area contributed by atoms with Gasteiger partial charge in [0.05, 0.1) is 0 Å². The number of benzene rings is 2. The van der Waals surface area contributed by atoms with E-state index in [0.29, 0.717) is 0 Å². The standard InChI is InChI=1S/C20H22N2/c21-22-13-11-17(12-14-22)20-18-7-3-1-5-15(18)9-10-16-6-2-4-8-19(16)20/h1-8H,9-14,21H2. The molecule has 2 nitrogen and oxygen atoms in total. The first kappa shape index (κ1) is 13.7. The van der Waals surface area contributed by atoms with Crippen molar-refractivity contribution in [3.63, 3.8) is 0 Å². The lowest BCUT2D eigenvalue weighted by Crippen LogP contribution is -2.36. The zero-order chi connectivity index (χ0) is 14.9. The molecular formula is C20H22N2. The average molecular weight is 290 g/mol. The van der Waals surface area contributed by atoms with Crippen molar-refractivity contribution in [2.24, 2.45) is 5.84 Å². The molecule has 1 saturated heterocycles. The van der Waals surface area contributed by atoms with Crippen molar-refractivity contribution in [3.8, 4) is 0 Å². The van der Waals surface area contributed by atoms with Crippen LogP contribution in [0, 0.1) is 0 Å². The second kappa shape index (κ2) is 5.71. The van der Waals surface area contributed by atoms with Crippen LogP contribution in [-0.2, 0) is 12.8 Å². The Labute approximate surface area is 132 Å². The third kappa shape index (κ3) is 2.39. The Morgan fingerprint density at radius 2 is 1.18 bits per heavy atom. The number of hydrogen-bond donors (Lipinski definition) is 1. The largest absolute Gasteiger partial charge is 0.269 e. The van der Waals surface area contributed by atoms with Gasteiger partial charge in [0.25, 0.3) is 0 Å². The van der Waals surface area contributed by atoms with Crippen LogP contribution in [0.1, 0.15) is 35.1 Å². The minimum atomic E-state index is 0.961. The molecule has 112 valence electrons. The summed E-state index contributed by atoms with van der Waals surface area (Å²) in [4.78, 5) is 0. The summed E-state index contributed by atoms with van der Waals surface area (Å²) >= 11 is 0. The van der Waals surface area contributed by atoms with Gasteiger partial charge in [-0.15, -0.1) is 0 Å². The summed E-state index contributed by atoms with van der Waals surface area (Å²) < 4.78 is 0. The highest BCUT2D eigenvalue weighted by atomic mass is 15.4. The Balaban J connectivity index is 1.93. The molecule has 2 heteroatoms. The molecule has 4 rings (SSSR count). The van der Waals surface area contributed by atoms with Gasteiger partial charge in [-0.2, -0.15) is 0 Å². The molecule has 1 aliphatic carbocycles. The van der Waals surface area contributed by atoms with Crippen molar-refractivity contribution >= 4 is 5.57 Å². The Kier molecular flexibility index (Phi) is 3.57. The number of hydrogen-bond acceptors (Lipinski definition) is 2. The number of nitrogens with zero attached hydrogens (tertiary/aromatic N) is 1. The number of fused-ring (bicyclic) bond motifs is 2. The second-order valence-electron chi connectivity index (χ2n) is 6.33. The fourth-order valence-electron chi connectivity index (χ4n) is 3.80. The summed E-state index contributed by atoms with van der Waals surface area (Å²) in [6.07, 6.45) is 4.42. The highest BCUT2D eigenvalue weighted by Crippen LogP contribution is 2.38. The van der Waals surface area contributed by atoms with Crippen molar-refractivity contribution in [1.29, 1.82) is 0 Å². The molecule has 2 N–H and O–H groups in total. The first-order valence-electron chi connectivity index (χ1n) is 8.21. The molecule has 1 heterocycles. The van der Waals surface area contributed by atoms with Crippen LogP contribution in [0.5, 0.6) is 0 Å². The van der Waals surface area contributed by atoms with E-state index in [-0.39, 0.29) is 0 Å². The molecule has 22 heavy (non-hydrogen) atoms. The summed E-state index contributed by atoms with van der Waals surface area (Å²) in [5.41, 5.74) is 8.90. The highest BCUT2D eigenvalue weighted by Gasteiger charge is 2.22. The predicted octanol–water partition coefficient (Wildman–Crippen LogP) is 3.56. The molecular weight excluding hydrogens is 268 g/mol. The summed E-state index contributed by atoms with van der Waals surface area (Å²) in [5, 5.41) is 1.94. The zero-order valence-corrected chi connectivity index (χ0v) is 12.9. The number of nitrogens with two attached hydrogens (primary N) is 1. The predicted molar refractivity (Wildman–Crippen MR) is 91.3 cm³/mol. The van der Waals surface area contributed by atoms with Crippen LogP contribution in [0.3, 0.4) is 0 Å². The number of piperidine rings is 1. The molecule has 1 fully saturated rings. The maximum absolute atomic E-state index is 5.96. The molecule has 1 aliphatic heterocycles. The smallest absolute Gasteiger partial charge is 0.0166 e. The normalized spacial score (nSPS) is 18.6. The second-order valence-corrected chi connectivity index (χ2v) is 6.33. The minimum Gasteiger partial charge on any atom is -0.269 e. The maximum Gasteiger partial charge on any atom is 0.0166 e. The highest BCUT2D eigenvalue weighted by molar-refractivity contribution is 5.86. The van der Waals surface area contributed by atoms with Crippen molar-refractivity contribution in [2.45, 2.75) is 25.7 Å². The average Bonchev–Trinajstić information content (AvgIpc) is 2.73. The molecule has 0 unspecified atom stereocenters. The van der Waals surface area contributed by atoms with E-state index in [4.69, 9.17) is 5.84 Å². The van der Waals surface area contributed by atoms with Crippen LogP contribution in [0.2, 0.25) is 0 Å². The van der Waals surface area contributed by atoms with Crippen molar-refractivity contribution < 1.29 is 0 Å². The molecule has 0 aromatic heterocycles. The third-order valence-electron chi connectivity index (χ3n) is 4.99. The van der Waals surface area contributed by atoms with Crippen LogP contribution >= 0.6 is 0 Å². The minimum absolute atomic E-state index is 0.961. The Morgan fingerprint density at radius 3 is 1.73 bits per heavy atom. The first-order chi connectivity index (χ1) is 10.8. The molecule has 0 amide bonds. The number of aryl methyl sites for hydroxylation is 2. The molecule has 0 saturated carbocycles. The van der Waals surface area contributed by atoms with Crippen molar-refractivity contribution in [3.05, 3.63) is 76.4 Å². The molecule has 0 radical (unpaired) electrons. The molecule has 2 aromatic rings. The summed E-state index contributed by atoms with van der Waals surface area (Å²) in [6.45, 7) is 1.92. The SMILES string of the molecule is NN1CCC(=C2c3ccccc3CCc3ccccc32)CC1. The van der Waals surface area contributed by atoms with E-state index >= 15 is 0 Å². The van der Waals surface area contributed by atoms with E-state index in [1.54, 1.807) is 5.57 Å². The zero-order valence-electron chi connectivity index (χ0n) is 12.9. The summed E-state index contributed by atoms with van der Waals surface area (Å²) in [5.74, 6) is 5.96. The quantitative estimate of drug-likeness (QED) is 0.752. The Bertz CT molecular complexity index is 670. The Morgan fingerprint density at radius 1 is 0.682 bits per heavy atom. The van der Waals surface area contributed by atoms with Gasteiger partial charge in [-0.3, -0.25) is 5.84 Å². The van der Waals surface area contributed by atoms with E-state index in [0.717, 1.165) is 38.8 Å². The van der Waals surface area contributed by atoms with Crippen LogP contribution in [-0.4, -0.2) is 18.1 Å². The van der Waals surface area contributed by atoms with Crippen LogP contribution in [0.25, 0.3) is 5.57 Å². The lowest BCUT2D eigenvalue weighted by Gasteiger charge is -2.27. The molecule has 0 spiro atoms. The maximum atomic E-state index is 5.96. The molecule has 2 aliphatic rings. The van der Waals surface area contributed by atoms with Crippen molar-refractivity contribution in [1.82, 2.24) is 5.01 Å². The monoisotopic (exact) mass is 290 g/mol. The van der Waals surface area contributed by atoms with Gasteiger partial charge in [0.1, 0.15) is 0 Å². The van der Waals surface area contributed by atoms with E-state index in [2.05, 4.69) is 48.5 Å². The van der Waals surface area contributed by atoms with E-state index in [1.165, 1.54) is 27.8 Å². The van der Waals surface area contributed by atoms with Gasteiger partial charge in [0.15, 0.2) is 0 Å². The number of rotatable bonds is 0. The number of hydrazine groups is 1. The van der Waals surface area contributed by atoms with Gasteiger partial charge in [-0.25, -0.2) is 5.01 Å². The molecule has 2 aromatic carbocycles. The van der Waals surface area contributed by atoms with Gasteiger partial charge < -0.3 is 0 Å². The fourth-order valence-corrected chi connectivity index (χ4v) is 3.80. The van der Waals surface area contributed by atoms with E-state index < -0.39 is 0 Å². The van der Waals surface area contributed by atoms with E-state index in [9.17, 15) is 0 Å². The Hall–Kier alpha value is -1.90. The fraction of sp³-hybridized carbons (Fsp3) is 0.300. The topological polar surface area (TPSA) is 29.3 Å². The van der Waals surface area contributed by atoms with Gasteiger partial charge in [-0.05, 0) is 53.5 Å². The van der Waals surface area contributed by atoms with E-state index in [1.807, 2.05) is 5.01 Å². The van der Waals surface area contributed by atoms with Gasteiger partial charge >= 0.3 is 0 Å². The van der Waals surface area contributed by atoms with Gasteiger partial charge in [0, 0.05) is 13.1 Å². The third-order valence-corrected chi connectivity index (χ3v) is 4.99. The van der Waals surface area contributed by atoms with Crippen molar-refractivity contribution in [2.75, 3.05) is 13.1 Å². The lowest BCUT2D eigenvalue weighted by atomic mass is 9.86. The van der Waals surface area contributed by atoms with Crippen LogP contribution in [0.15, 0.2) is 54.1 Å². The van der Waals surface area contributed by atoms with Gasteiger partial charge in [0.2, 0.25) is 0 Å². The lowest BCUT2D eigenvalue weighted by molar-refractivity contribution is 0.265.